The number of nitrogens with one attached hydrogen (secondary N) is 1. The van der Waals surface area contributed by atoms with Crippen LogP contribution in [0.2, 0.25) is 0 Å². The molecule has 0 aromatic carbocycles. The van der Waals surface area contributed by atoms with Gasteiger partial charge in [-0.15, -0.1) is 11.3 Å². The monoisotopic (exact) mass is 329 g/mol. The normalized spacial score (nSPS) is 20.4. The van der Waals surface area contributed by atoms with Crippen LogP contribution in [0.1, 0.15) is 26.2 Å². The first-order valence-corrected chi connectivity index (χ1v) is 9.32. The summed E-state index contributed by atoms with van der Waals surface area (Å²) < 4.78 is 29.0. The summed E-state index contributed by atoms with van der Waals surface area (Å²) in [5, 5.41) is 1.95. The van der Waals surface area contributed by atoms with Crippen LogP contribution in [0.25, 0.3) is 4.96 Å². The first-order valence-electron chi connectivity index (χ1n) is 7.00. The lowest BCUT2D eigenvalue weighted by molar-refractivity contribution is 0.442. The van der Waals surface area contributed by atoms with Crippen LogP contribution < -0.4 is 11.3 Å². The Hall–Kier alpha value is -1.16. The van der Waals surface area contributed by atoms with E-state index in [9.17, 15) is 8.42 Å². The van der Waals surface area contributed by atoms with E-state index >= 15 is 0 Å². The maximum absolute atomic E-state index is 12.9. The first-order chi connectivity index (χ1) is 10.1. The molecule has 21 heavy (non-hydrogen) atoms. The van der Waals surface area contributed by atoms with Crippen molar-refractivity contribution in [3.8, 4) is 0 Å². The van der Waals surface area contributed by atoms with Gasteiger partial charge in [0.2, 0.25) is 5.03 Å². The second kappa shape index (κ2) is 5.56. The molecule has 0 radical (unpaired) electrons. The topological polar surface area (TPSA) is 92.7 Å². The molecule has 0 aliphatic carbocycles. The molecular weight excluding hydrogens is 310 g/mol. The van der Waals surface area contributed by atoms with Crippen LogP contribution in [0.4, 0.5) is 5.82 Å². The van der Waals surface area contributed by atoms with Gasteiger partial charge in [-0.3, -0.25) is 4.40 Å². The fraction of sp³-hybridized carbons (Fsp3) is 0.583. The van der Waals surface area contributed by atoms with Gasteiger partial charge in [-0.25, -0.2) is 14.3 Å². The molecule has 2 aromatic rings. The number of aromatic nitrogens is 2. The Morgan fingerprint density at radius 1 is 1.57 bits per heavy atom. The number of fused-ring (bicyclic) bond motifs is 1. The van der Waals surface area contributed by atoms with Crippen molar-refractivity contribution in [2.75, 3.05) is 18.5 Å². The van der Waals surface area contributed by atoms with E-state index in [1.807, 2.05) is 5.38 Å². The maximum Gasteiger partial charge on any atom is 0.262 e. The van der Waals surface area contributed by atoms with Crippen LogP contribution in [0, 0.1) is 5.92 Å². The zero-order chi connectivity index (χ0) is 15.0. The molecule has 1 aliphatic rings. The smallest absolute Gasteiger partial charge is 0.262 e. The van der Waals surface area contributed by atoms with Crippen molar-refractivity contribution < 1.29 is 8.42 Å². The molecule has 116 valence electrons. The van der Waals surface area contributed by atoms with Crippen molar-refractivity contribution in [2.24, 2.45) is 11.8 Å². The van der Waals surface area contributed by atoms with Gasteiger partial charge in [0.25, 0.3) is 10.0 Å². The first kappa shape index (κ1) is 14.8. The lowest BCUT2D eigenvalue weighted by Gasteiger charge is -2.16. The van der Waals surface area contributed by atoms with E-state index in [2.05, 4.69) is 17.3 Å². The summed E-state index contributed by atoms with van der Waals surface area (Å²) in [5.74, 6) is 6.10. The summed E-state index contributed by atoms with van der Waals surface area (Å²) in [5.41, 5.74) is 2.41. The molecule has 3 rings (SSSR count). The highest BCUT2D eigenvalue weighted by atomic mass is 32.2. The van der Waals surface area contributed by atoms with Crippen LogP contribution in [-0.4, -0.2) is 35.2 Å². The Morgan fingerprint density at radius 2 is 2.38 bits per heavy atom. The number of sulfonamides is 1. The number of thiazole rings is 1. The van der Waals surface area contributed by atoms with Gasteiger partial charge in [0.05, 0.1) is 0 Å². The minimum Gasteiger partial charge on any atom is -0.306 e. The van der Waals surface area contributed by atoms with Gasteiger partial charge in [0.15, 0.2) is 10.8 Å². The van der Waals surface area contributed by atoms with Gasteiger partial charge in [-0.05, 0) is 18.8 Å². The van der Waals surface area contributed by atoms with E-state index in [1.54, 1.807) is 14.9 Å². The highest BCUT2D eigenvalue weighted by molar-refractivity contribution is 7.89. The summed E-state index contributed by atoms with van der Waals surface area (Å²) in [6.07, 6.45) is 4.77. The molecule has 0 saturated carbocycles. The Bertz CT molecular complexity index is 736. The predicted molar refractivity (Wildman–Crippen MR) is 82.7 cm³/mol. The molecule has 1 atom stereocenters. The highest BCUT2D eigenvalue weighted by Gasteiger charge is 2.36. The third kappa shape index (κ3) is 2.44. The molecule has 1 saturated heterocycles. The molecule has 3 heterocycles. The van der Waals surface area contributed by atoms with E-state index in [0.717, 1.165) is 19.3 Å². The molecule has 0 amide bonds. The Balaban J connectivity index is 1.99. The molecule has 2 aromatic heterocycles. The van der Waals surface area contributed by atoms with Crippen LogP contribution in [0.5, 0.6) is 0 Å². The summed E-state index contributed by atoms with van der Waals surface area (Å²) in [6.45, 7) is 3.27. The zero-order valence-electron chi connectivity index (χ0n) is 11.8. The number of nitrogens with two attached hydrogens (primary N) is 1. The standard InChI is InChI=1S/C12H19N5O2S2/c1-2-3-9-4-5-16(8-9)21(18,19)11-10(15-13)14-12-17(11)6-7-20-12/h6-7,9,15H,2-5,8,13H2,1H3. The third-order valence-corrected chi connectivity index (χ3v) is 6.53. The quantitative estimate of drug-likeness (QED) is 0.640. The Kier molecular flexibility index (Phi) is 3.91. The second-order valence-electron chi connectivity index (χ2n) is 5.27. The second-order valence-corrected chi connectivity index (χ2v) is 8.00. The minimum absolute atomic E-state index is 0.137. The van der Waals surface area contributed by atoms with Crippen molar-refractivity contribution >= 4 is 32.1 Å². The predicted octanol–water partition coefficient (Wildman–Crippen LogP) is 1.49. The van der Waals surface area contributed by atoms with Crippen LogP contribution in [-0.2, 0) is 10.0 Å². The van der Waals surface area contributed by atoms with Gasteiger partial charge < -0.3 is 5.43 Å². The number of rotatable bonds is 5. The van der Waals surface area contributed by atoms with Gasteiger partial charge in [0.1, 0.15) is 0 Å². The van der Waals surface area contributed by atoms with Gasteiger partial charge in [-0.2, -0.15) is 9.29 Å². The van der Waals surface area contributed by atoms with Crippen LogP contribution in [0.15, 0.2) is 16.6 Å². The molecule has 3 N–H and O–H groups in total. The van der Waals surface area contributed by atoms with Crippen molar-refractivity contribution in [3.05, 3.63) is 11.6 Å². The molecule has 1 fully saturated rings. The van der Waals surface area contributed by atoms with Crippen LogP contribution >= 0.6 is 11.3 Å². The molecule has 0 spiro atoms. The fourth-order valence-electron chi connectivity index (χ4n) is 2.89. The van der Waals surface area contributed by atoms with Gasteiger partial charge >= 0.3 is 0 Å². The molecule has 9 heteroatoms. The maximum atomic E-state index is 12.9. The number of nitrogen functional groups attached to an aromatic ring is 1. The molecule has 1 aliphatic heterocycles. The molecule has 7 nitrogen and oxygen atoms in total. The SMILES string of the molecule is CCCC1CCN(S(=O)(=O)c2c(NN)nc3sccn23)C1. The fourth-order valence-corrected chi connectivity index (χ4v) is 5.40. The third-order valence-electron chi connectivity index (χ3n) is 3.88. The summed E-state index contributed by atoms with van der Waals surface area (Å²) in [4.78, 5) is 4.84. The number of imidazole rings is 1. The average molecular weight is 329 g/mol. The number of nitrogens with zero attached hydrogens (tertiary/aromatic N) is 3. The number of anilines is 1. The minimum atomic E-state index is -3.59. The van der Waals surface area contributed by atoms with E-state index in [4.69, 9.17) is 5.84 Å². The van der Waals surface area contributed by atoms with Gasteiger partial charge in [0, 0.05) is 24.7 Å². The number of hydrogen-bond donors (Lipinski definition) is 2. The van der Waals surface area contributed by atoms with Crippen molar-refractivity contribution in [2.45, 2.75) is 31.2 Å². The lowest BCUT2D eigenvalue weighted by atomic mass is 10.0. The summed E-state index contributed by atoms with van der Waals surface area (Å²) in [7, 11) is -3.59. The number of hydrogen-bond acceptors (Lipinski definition) is 6. The lowest BCUT2D eigenvalue weighted by Crippen LogP contribution is -2.30. The van der Waals surface area contributed by atoms with Crippen molar-refractivity contribution in [1.82, 2.24) is 13.7 Å². The average Bonchev–Trinajstić information content (AvgIpc) is 3.12. The Labute approximate surface area is 127 Å². The molecule has 0 bridgehead atoms. The summed E-state index contributed by atoms with van der Waals surface area (Å²) >= 11 is 1.38. The largest absolute Gasteiger partial charge is 0.306 e. The van der Waals surface area contributed by atoms with Crippen molar-refractivity contribution in [1.29, 1.82) is 0 Å². The van der Waals surface area contributed by atoms with E-state index in [1.165, 1.54) is 11.3 Å². The van der Waals surface area contributed by atoms with Crippen molar-refractivity contribution in [3.63, 3.8) is 0 Å². The molecular formula is C12H19N5O2S2. The van der Waals surface area contributed by atoms with Gasteiger partial charge in [-0.1, -0.05) is 13.3 Å². The Morgan fingerprint density at radius 3 is 3.10 bits per heavy atom. The number of hydrazine groups is 1. The van der Waals surface area contributed by atoms with Crippen LogP contribution in [0.3, 0.4) is 0 Å². The van der Waals surface area contributed by atoms with E-state index in [-0.39, 0.29) is 10.8 Å². The summed E-state index contributed by atoms with van der Waals surface area (Å²) in [6, 6.07) is 0. The molecule has 1 unspecified atom stereocenters. The van der Waals surface area contributed by atoms with E-state index < -0.39 is 10.0 Å². The highest BCUT2D eigenvalue weighted by Crippen LogP contribution is 2.31. The zero-order valence-corrected chi connectivity index (χ0v) is 13.5. The van der Waals surface area contributed by atoms with E-state index in [0.29, 0.717) is 24.0 Å².